The maximum atomic E-state index is 12.9. The molecule has 1 unspecified atom stereocenters. The Morgan fingerprint density at radius 3 is 2.57 bits per heavy atom. The number of ether oxygens (including phenoxy) is 1. The fourth-order valence-electron chi connectivity index (χ4n) is 4.39. The van der Waals surface area contributed by atoms with Gasteiger partial charge in [-0.15, -0.1) is 10.2 Å². The molecular weight excluding hydrogens is 488 g/mol. The van der Waals surface area contributed by atoms with Crippen LogP contribution in [0.5, 0.6) is 5.75 Å². The van der Waals surface area contributed by atoms with Crippen LogP contribution in [0, 0.1) is 0 Å². The average molecular weight is 523 g/mol. The fraction of sp³-hybridized carbons (Fsp3) is 0.407. The summed E-state index contributed by atoms with van der Waals surface area (Å²) in [5.41, 5.74) is 1.89. The first kappa shape index (κ1) is 26.5. The number of amides is 3. The zero-order valence-corrected chi connectivity index (χ0v) is 22.6. The second-order valence-electron chi connectivity index (χ2n) is 9.22. The standard InChI is InChI=1S/C27H34N6O3S/c1-20-19-31(15-16-32(20)27(35)30(2)3)24(34)14-9-17-37-26-29-28-25(21-10-8-13-23(18-21)36-4)33(26)22-11-6-5-7-12-22/h5-8,10-13,18,20H,9,14-17,19H2,1-4H3. The maximum absolute atomic E-state index is 12.9. The third kappa shape index (κ3) is 6.25. The Balaban J connectivity index is 1.38. The molecule has 0 aliphatic carbocycles. The Bertz CT molecular complexity index is 1220. The van der Waals surface area contributed by atoms with Crippen LogP contribution in [-0.2, 0) is 4.79 Å². The van der Waals surface area contributed by atoms with Gasteiger partial charge in [-0.3, -0.25) is 9.36 Å². The van der Waals surface area contributed by atoms with Crippen molar-refractivity contribution in [2.24, 2.45) is 0 Å². The number of piperazine rings is 1. The minimum atomic E-state index is -0.00755. The summed E-state index contributed by atoms with van der Waals surface area (Å²) in [4.78, 5) is 30.5. The van der Waals surface area contributed by atoms with Gasteiger partial charge < -0.3 is 19.4 Å². The number of hydrogen-bond donors (Lipinski definition) is 0. The third-order valence-electron chi connectivity index (χ3n) is 6.35. The van der Waals surface area contributed by atoms with E-state index in [0.29, 0.717) is 26.1 Å². The molecular formula is C27H34N6O3S. The molecule has 3 aromatic rings. The monoisotopic (exact) mass is 522 g/mol. The Morgan fingerprint density at radius 2 is 1.86 bits per heavy atom. The van der Waals surface area contributed by atoms with E-state index < -0.39 is 0 Å². The van der Waals surface area contributed by atoms with Gasteiger partial charge in [0.25, 0.3) is 0 Å². The second kappa shape index (κ2) is 12.1. The van der Waals surface area contributed by atoms with Crippen LogP contribution < -0.4 is 4.74 Å². The van der Waals surface area contributed by atoms with Crippen molar-refractivity contribution in [3.05, 3.63) is 54.6 Å². The molecule has 2 heterocycles. The smallest absolute Gasteiger partial charge is 0.319 e. The van der Waals surface area contributed by atoms with Crippen molar-refractivity contribution >= 4 is 23.7 Å². The van der Waals surface area contributed by atoms with Gasteiger partial charge in [0, 0.05) is 63.2 Å². The molecule has 0 N–H and O–H groups in total. The lowest BCUT2D eigenvalue weighted by atomic mass is 10.2. The van der Waals surface area contributed by atoms with Crippen molar-refractivity contribution in [2.75, 3.05) is 46.6 Å². The number of urea groups is 1. The molecule has 1 atom stereocenters. The highest BCUT2D eigenvalue weighted by Gasteiger charge is 2.30. The van der Waals surface area contributed by atoms with Crippen molar-refractivity contribution in [1.29, 1.82) is 0 Å². The molecule has 37 heavy (non-hydrogen) atoms. The number of rotatable bonds is 8. The average Bonchev–Trinajstić information content (AvgIpc) is 3.35. The van der Waals surface area contributed by atoms with Crippen molar-refractivity contribution in [2.45, 2.75) is 31.0 Å². The van der Waals surface area contributed by atoms with Crippen LogP contribution in [0.3, 0.4) is 0 Å². The van der Waals surface area contributed by atoms with E-state index in [2.05, 4.69) is 10.2 Å². The van der Waals surface area contributed by atoms with E-state index >= 15 is 0 Å². The summed E-state index contributed by atoms with van der Waals surface area (Å²) >= 11 is 1.59. The van der Waals surface area contributed by atoms with E-state index in [1.165, 1.54) is 0 Å². The van der Waals surface area contributed by atoms with Crippen LogP contribution in [-0.4, -0.2) is 94.0 Å². The largest absolute Gasteiger partial charge is 0.497 e. The molecule has 2 aromatic carbocycles. The van der Waals surface area contributed by atoms with Crippen molar-refractivity contribution < 1.29 is 14.3 Å². The number of thioether (sulfide) groups is 1. The first-order chi connectivity index (χ1) is 17.9. The number of hydrogen-bond acceptors (Lipinski definition) is 6. The molecule has 196 valence electrons. The Labute approximate surface area is 222 Å². The van der Waals surface area contributed by atoms with Crippen molar-refractivity contribution in [3.63, 3.8) is 0 Å². The number of benzene rings is 2. The Hall–Kier alpha value is -3.53. The number of methoxy groups -OCH3 is 1. The fourth-order valence-corrected chi connectivity index (χ4v) is 5.28. The van der Waals surface area contributed by atoms with Gasteiger partial charge in [0.15, 0.2) is 11.0 Å². The second-order valence-corrected chi connectivity index (χ2v) is 10.3. The summed E-state index contributed by atoms with van der Waals surface area (Å²) in [6, 6.07) is 17.8. The molecule has 1 saturated heterocycles. The van der Waals surface area contributed by atoms with E-state index in [0.717, 1.165) is 40.2 Å². The molecule has 0 spiro atoms. The summed E-state index contributed by atoms with van der Waals surface area (Å²) in [5, 5.41) is 9.75. The molecule has 0 bridgehead atoms. The molecule has 1 aliphatic rings. The summed E-state index contributed by atoms with van der Waals surface area (Å²) in [6.45, 7) is 3.69. The molecule has 0 saturated carbocycles. The predicted octanol–water partition coefficient (Wildman–Crippen LogP) is 4.03. The van der Waals surface area contributed by atoms with Gasteiger partial charge >= 0.3 is 6.03 Å². The zero-order valence-electron chi connectivity index (χ0n) is 21.8. The summed E-state index contributed by atoms with van der Waals surface area (Å²) in [7, 11) is 5.15. The van der Waals surface area contributed by atoms with Crippen molar-refractivity contribution in [1.82, 2.24) is 29.5 Å². The van der Waals surface area contributed by atoms with Crippen LogP contribution in [0.25, 0.3) is 17.1 Å². The van der Waals surface area contributed by atoms with Gasteiger partial charge in [-0.05, 0) is 37.6 Å². The minimum Gasteiger partial charge on any atom is -0.497 e. The lowest BCUT2D eigenvalue weighted by Crippen LogP contribution is -2.57. The highest BCUT2D eigenvalue weighted by atomic mass is 32.2. The van der Waals surface area contributed by atoms with E-state index in [1.54, 1.807) is 37.9 Å². The number of para-hydroxylation sites is 1. The SMILES string of the molecule is COc1cccc(-c2nnc(SCCCC(=O)N3CCN(C(=O)N(C)C)C(C)C3)n2-c2ccccc2)c1. The van der Waals surface area contributed by atoms with Crippen LogP contribution in [0.2, 0.25) is 0 Å². The Morgan fingerprint density at radius 1 is 1.08 bits per heavy atom. The van der Waals surface area contributed by atoms with Crippen LogP contribution in [0.4, 0.5) is 4.79 Å². The third-order valence-corrected chi connectivity index (χ3v) is 7.37. The summed E-state index contributed by atoms with van der Waals surface area (Å²) < 4.78 is 7.44. The predicted molar refractivity (Wildman–Crippen MR) is 145 cm³/mol. The normalized spacial score (nSPS) is 15.5. The maximum Gasteiger partial charge on any atom is 0.319 e. The number of carbonyl (C=O) groups excluding carboxylic acids is 2. The van der Waals surface area contributed by atoms with E-state index in [-0.39, 0.29) is 18.0 Å². The van der Waals surface area contributed by atoms with Crippen molar-refractivity contribution in [3.8, 4) is 22.8 Å². The topological polar surface area (TPSA) is 83.8 Å². The molecule has 1 aliphatic heterocycles. The van der Waals surface area contributed by atoms with Gasteiger partial charge in [-0.25, -0.2) is 4.79 Å². The molecule has 1 aromatic heterocycles. The number of carbonyl (C=O) groups is 2. The van der Waals surface area contributed by atoms with E-state index in [4.69, 9.17) is 4.74 Å². The van der Waals surface area contributed by atoms with Gasteiger partial charge in [0.05, 0.1) is 7.11 Å². The zero-order chi connectivity index (χ0) is 26.4. The molecule has 4 rings (SSSR count). The molecule has 0 radical (unpaired) electrons. The van der Waals surface area contributed by atoms with Gasteiger partial charge in [-0.1, -0.05) is 42.1 Å². The quantitative estimate of drug-likeness (QED) is 0.328. The molecule has 9 nitrogen and oxygen atoms in total. The highest BCUT2D eigenvalue weighted by molar-refractivity contribution is 7.99. The van der Waals surface area contributed by atoms with Gasteiger partial charge in [0.1, 0.15) is 5.75 Å². The highest BCUT2D eigenvalue weighted by Crippen LogP contribution is 2.30. The van der Waals surface area contributed by atoms with Crippen LogP contribution >= 0.6 is 11.8 Å². The lowest BCUT2D eigenvalue weighted by Gasteiger charge is -2.40. The number of nitrogens with zero attached hydrogens (tertiary/aromatic N) is 6. The van der Waals surface area contributed by atoms with Crippen LogP contribution in [0.1, 0.15) is 19.8 Å². The first-order valence-electron chi connectivity index (χ1n) is 12.4. The van der Waals surface area contributed by atoms with Gasteiger partial charge in [0.2, 0.25) is 5.91 Å². The minimum absolute atomic E-state index is 0.00132. The van der Waals surface area contributed by atoms with E-state index in [1.807, 2.05) is 75.9 Å². The number of aromatic nitrogens is 3. The Kier molecular flexibility index (Phi) is 8.70. The summed E-state index contributed by atoms with van der Waals surface area (Å²) in [5.74, 6) is 2.37. The van der Waals surface area contributed by atoms with Gasteiger partial charge in [-0.2, -0.15) is 0 Å². The summed E-state index contributed by atoms with van der Waals surface area (Å²) in [6.07, 6.45) is 1.19. The molecule has 1 fully saturated rings. The first-order valence-corrected chi connectivity index (χ1v) is 13.4. The van der Waals surface area contributed by atoms with Crippen LogP contribution in [0.15, 0.2) is 59.8 Å². The van der Waals surface area contributed by atoms with E-state index in [9.17, 15) is 9.59 Å². The molecule has 10 heteroatoms. The molecule has 3 amide bonds. The lowest BCUT2D eigenvalue weighted by molar-refractivity contribution is -0.133.